The van der Waals surface area contributed by atoms with Crippen molar-refractivity contribution in [3.05, 3.63) is 88.7 Å². The largest absolute Gasteiger partial charge is 0.361 e. The topological polar surface area (TPSA) is 67.7 Å². The molecule has 3 aromatic carbocycles. The molecule has 0 bridgehead atoms. The van der Waals surface area contributed by atoms with Gasteiger partial charge in [-0.15, -0.1) is 0 Å². The number of amides is 2. The molecule has 1 atom stereocenters. The third kappa shape index (κ3) is 5.42. The normalized spacial score (nSPS) is 15.3. The Morgan fingerprint density at radius 1 is 1.08 bits per heavy atom. The van der Waals surface area contributed by atoms with Gasteiger partial charge in [-0.2, -0.15) is 0 Å². The van der Waals surface area contributed by atoms with E-state index in [-0.39, 0.29) is 31.0 Å². The van der Waals surface area contributed by atoms with Crippen LogP contribution in [0.25, 0.3) is 11.0 Å². The number of ether oxygens (including phenoxy) is 1. The average molecular weight is 545 g/mol. The smallest absolute Gasteiger partial charge is 0.248 e. The number of carbonyl (C=O) groups excluding carboxylic acids is 2. The number of anilines is 2. The van der Waals surface area contributed by atoms with Crippen molar-refractivity contribution in [3.63, 3.8) is 0 Å². The molecule has 1 aliphatic heterocycles. The molecule has 8 heteroatoms. The first kappa shape index (κ1) is 26.9. The maximum absolute atomic E-state index is 14.0. The fourth-order valence-corrected chi connectivity index (χ4v) is 5.50. The summed E-state index contributed by atoms with van der Waals surface area (Å²) in [6, 6.07) is 21.2. The molecule has 1 fully saturated rings. The highest BCUT2D eigenvalue weighted by molar-refractivity contribution is 6.30. The van der Waals surface area contributed by atoms with Gasteiger partial charge in [-0.1, -0.05) is 48.9 Å². The summed E-state index contributed by atoms with van der Waals surface area (Å²) in [5.74, 6) is 0.526. The number of para-hydroxylation sites is 3. The van der Waals surface area contributed by atoms with E-state index in [1.807, 2.05) is 66.9 Å². The number of aryl methyl sites for hydroxylation is 2. The number of hydrogen-bond donors (Lipinski definition) is 0. The van der Waals surface area contributed by atoms with Gasteiger partial charge in [-0.25, -0.2) is 4.98 Å². The molecule has 2 amide bonds. The third-order valence-electron chi connectivity index (χ3n) is 7.30. The zero-order chi connectivity index (χ0) is 27.5. The van der Waals surface area contributed by atoms with Crippen molar-refractivity contribution in [3.8, 4) is 0 Å². The summed E-state index contributed by atoms with van der Waals surface area (Å²) in [4.78, 5) is 35.6. The maximum atomic E-state index is 14.0. The Kier molecular flexibility index (Phi) is 8.00. The maximum Gasteiger partial charge on any atom is 0.248 e. The van der Waals surface area contributed by atoms with Gasteiger partial charge in [-0.3, -0.25) is 14.5 Å². The van der Waals surface area contributed by atoms with E-state index in [1.54, 1.807) is 21.9 Å². The van der Waals surface area contributed by atoms with Gasteiger partial charge in [0.25, 0.3) is 0 Å². The molecule has 1 aromatic heterocycles. The monoisotopic (exact) mass is 544 g/mol. The molecular formula is C31H33ClN4O3. The van der Waals surface area contributed by atoms with E-state index < -0.39 is 0 Å². The van der Waals surface area contributed by atoms with Crippen LogP contribution in [0.3, 0.4) is 0 Å². The SMILES string of the molecule is CCOCN(C(=O)Cn1c(C2CC(=O)N(c3ccc(Cl)cc3)C2)nc2ccccc21)c1c(C)cccc1CC. The number of fused-ring (bicyclic) bond motifs is 1. The Morgan fingerprint density at radius 2 is 1.85 bits per heavy atom. The van der Waals surface area contributed by atoms with E-state index in [2.05, 4.69) is 13.0 Å². The van der Waals surface area contributed by atoms with Crippen LogP contribution in [0.5, 0.6) is 0 Å². The van der Waals surface area contributed by atoms with Crippen molar-refractivity contribution >= 4 is 45.8 Å². The van der Waals surface area contributed by atoms with Crippen molar-refractivity contribution in [1.29, 1.82) is 0 Å². The molecular weight excluding hydrogens is 512 g/mol. The molecule has 2 heterocycles. The molecule has 0 saturated carbocycles. The van der Waals surface area contributed by atoms with Gasteiger partial charge in [0.2, 0.25) is 11.8 Å². The quantitative estimate of drug-likeness (QED) is 0.238. The summed E-state index contributed by atoms with van der Waals surface area (Å²) >= 11 is 6.06. The second-order valence-electron chi connectivity index (χ2n) is 9.81. The fraction of sp³-hybridized carbons (Fsp3) is 0.323. The van der Waals surface area contributed by atoms with Crippen LogP contribution in [0.1, 0.15) is 43.1 Å². The van der Waals surface area contributed by atoms with Crippen molar-refractivity contribution < 1.29 is 14.3 Å². The van der Waals surface area contributed by atoms with Crippen LogP contribution in [-0.4, -0.2) is 41.2 Å². The van der Waals surface area contributed by atoms with E-state index in [0.717, 1.165) is 45.8 Å². The van der Waals surface area contributed by atoms with Gasteiger partial charge < -0.3 is 14.2 Å². The lowest BCUT2D eigenvalue weighted by molar-refractivity contribution is -0.120. The molecule has 1 aliphatic rings. The number of carbonyl (C=O) groups is 2. The van der Waals surface area contributed by atoms with Crippen LogP contribution in [0.4, 0.5) is 11.4 Å². The standard InChI is InChI=1S/C31H33ClN4O3/c1-4-22-10-8-9-21(3)30(22)36(20-39-5-2)29(38)19-35-27-12-7-6-11-26(27)33-31(35)23-17-28(37)34(18-23)25-15-13-24(32)14-16-25/h6-16,23H,4-5,17-20H2,1-3H3. The van der Waals surface area contributed by atoms with Crippen LogP contribution in [0.2, 0.25) is 5.02 Å². The van der Waals surface area contributed by atoms with Crippen LogP contribution in [0, 0.1) is 6.92 Å². The summed E-state index contributed by atoms with van der Waals surface area (Å²) in [5, 5.41) is 0.624. The molecule has 7 nitrogen and oxygen atoms in total. The number of halogens is 1. The molecule has 4 aromatic rings. The summed E-state index contributed by atoms with van der Waals surface area (Å²) in [7, 11) is 0. The number of aromatic nitrogens is 2. The van der Waals surface area contributed by atoms with Crippen molar-refractivity contribution in [2.75, 3.05) is 29.7 Å². The lowest BCUT2D eigenvalue weighted by Crippen LogP contribution is -2.37. The van der Waals surface area contributed by atoms with Gasteiger partial charge in [0.1, 0.15) is 19.1 Å². The molecule has 202 valence electrons. The molecule has 0 radical (unpaired) electrons. The molecule has 0 N–H and O–H groups in total. The highest BCUT2D eigenvalue weighted by Crippen LogP contribution is 2.34. The van der Waals surface area contributed by atoms with Gasteiger partial charge in [0, 0.05) is 36.2 Å². The molecule has 0 spiro atoms. The second-order valence-corrected chi connectivity index (χ2v) is 10.2. The Morgan fingerprint density at radius 3 is 2.59 bits per heavy atom. The zero-order valence-corrected chi connectivity index (χ0v) is 23.3. The van der Waals surface area contributed by atoms with Crippen LogP contribution < -0.4 is 9.80 Å². The average Bonchev–Trinajstić information content (AvgIpc) is 3.50. The minimum Gasteiger partial charge on any atom is -0.361 e. The molecule has 1 unspecified atom stereocenters. The van der Waals surface area contributed by atoms with Crippen molar-refractivity contribution in [1.82, 2.24) is 9.55 Å². The fourth-order valence-electron chi connectivity index (χ4n) is 5.38. The zero-order valence-electron chi connectivity index (χ0n) is 22.6. The van der Waals surface area contributed by atoms with Crippen molar-refractivity contribution in [2.24, 2.45) is 0 Å². The van der Waals surface area contributed by atoms with Gasteiger partial charge in [0.05, 0.1) is 16.7 Å². The van der Waals surface area contributed by atoms with Crippen LogP contribution in [0.15, 0.2) is 66.7 Å². The van der Waals surface area contributed by atoms with Crippen LogP contribution in [-0.2, 0) is 27.3 Å². The highest BCUT2D eigenvalue weighted by atomic mass is 35.5. The minimum atomic E-state index is -0.154. The Labute approximate surface area is 233 Å². The lowest BCUT2D eigenvalue weighted by atomic mass is 10.0. The predicted octanol–water partition coefficient (Wildman–Crippen LogP) is 6.11. The first-order valence-corrected chi connectivity index (χ1v) is 13.8. The van der Waals surface area contributed by atoms with E-state index >= 15 is 0 Å². The molecule has 0 aliphatic carbocycles. The first-order valence-electron chi connectivity index (χ1n) is 13.4. The van der Waals surface area contributed by atoms with Gasteiger partial charge in [-0.05, 0) is 67.8 Å². The van der Waals surface area contributed by atoms with E-state index in [0.29, 0.717) is 24.6 Å². The van der Waals surface area contributed by atoms with Gasteiger partial charge in [0.15, 0.2) is 0 Å². The van der Waals surface area contributed by atoms with Crippen LogP contribution >= 0.6 is 11.6 Å². The number of hydrogen-bond acceptors (Lipinski definition) is 4. The van der Waals surface area contributed by atoms with E-state index in [9.17, 15) is 9.59 Å². The highest BCUT2D eigenvalue weighted by Gasteiger charge is 2.35. The summed E-state index contributed by atoms with van der Waals surface area (Å²) in [5.41, 5.74) is 5.50. The predicted molar refractivity (Wildman–Crippen MR) is 155 cm³/mol. The van der Waals surface area contributed by atoms with Crippen molar-refractivity contribution in [2.45, 2.75) is 46.1 Å². The number of nitrogens with zero attached hydrogens (tertiary/aromatic N) is 4. The Hall–Kier alpha value is -3.68. The molecule has 39 heavy (non-hydrogen) atoms. The second kappa shape index (κ2) is 11.6. The molecule has 5 rings (SSSR count). The van der Waals surface area contributed by atoms with E-state index in [1.165, 1.54) is 0 Å². The summed E-state index contributed by atoms with van der Waals surface area (Å²) in [6.07, 6.45) is 1.12. The summed E-state index contributed by atoms with van der Waals surface area (Å²) < 4.78 is 7.74. The Bertz CT molecular complexity index is 1500. The lowest BCUT2D eigenvalue weighted by Gasteiger charge is -2.27. The van der Waals surface area contributed by atoms with Gasteiger partial charge >= 0.3 is 0 Å². The summed E-state index contributed by atoms with van der Waals surface area (Å²) in [6.45, 7) is 7.28. The number of imidazole rings is 1. The third-order valence-corrected chi connectivity index (χ3v) is 7.56. The van der Waals surface area contributed by atoms with E-state index in [4.69, 9.17) is 21.3 Å². The minimum absolute atomic E-state index is 0.0257. The number of rotatable bonds is 9. The first-order chi connectivity index (χ1) is 18.9. The Balaban J connectivity index is 1.50. The number of benzene rings is 3. The molecule has 1 saturated heterocycles.